The molecule has 2 aromatic carbocycles. The number of methoxy groups -OCH3 is 2. The second-order valence-electron chi connectivity index (χ2n) is 6.76. The summed E-state index contributed by atoms with van der Waals surface area (Å²) in [5, 5.41) is 3.04. The van der Waals surface area contributed by atoms with Crippen molar-refractivity contribution in [3.63, 3.8) is 0 Å². The minimum absolute atomic E-state index is 0.282. The van der Waals surface area contributed by atoms with Crippen molar-refractivity contribution in [2.45, 2.75) is 12.6 Å². The summed E-state index contributed by atoms with van der Waals surface area (Å²) >= 11 is 0. The molecule has 2 aliphatic heterocycles. The Kier molecular flexibility index (Phi) is 4.08. The van der Waals surface area contributed by atoms with Gasteiger partial charge in [-0.15, -0.1) is 0 Å². The maximum absolute atomic E-state index is 6.06. The lowest BCUT2D eigenvalue weighted by molar-refractivity contribution is 0.297. The summed E-state index contributed by atoms with van der Waals surface area (Å²) in [7, 11) is 3.23. The molecular formula is C20H21N5O4. The average Bonchev–Trinajstić information content (AvgIpc) is 2.92. The first-order valence-corrected chi connectivity index (χ1v) is 9.31. The zero-order valence-electron chi connectivity index (χ0n) is 16.1. The van der Waals surface area contributed by atoms with E-state index in [9.17, 15) is 0 Å². The number of aromatic nitrogens is 2. The van der Waals surface area contributed by atoms with E-state index in [1.54, 1.807) is 14.2 Å². The summed E-state index contributed by atoms with van der Waals surface area (Å²) in [5.74, 6) is 3.61. The van der Waals surface area contributed by atoms with Crippen LogP contribution in [0.2, 0.25) is 0 Å². The molecule has 3 aromatic rings. The van der Waals surface area contributed by atoms with E-state index in [1.807, 2.05) is 34.9 Å². The maximum Gasteiger partial charge on any atom is 0.212 e. The zero-order valence-corrected chi connectivity index (χ0v) is 16.1. The fourth-order valence-electron chi connectivity index (χ4n) is 3.66. The van der Waals surface area contributed by atoms with E-state index in [2.05, 4.69) is 10.3 Å². The molecule has 150 valence electrons. The topological polar surface area (TPSA) is 105 Å². The van der Waals surface area contributed by atoms with Gasteiger partial charge in [0.15, 0.2) is 23.6 Å². The Morgan fingerprint density at radius 1 is 1.10 bits per heavy atom. The van der Waals surface area contributed by atoms with Crippen LogP contribution in [-0.2, 0) is 0 Å². The number of imidazole rings is 1. The zero-order chi connectivity index (χ0) is 20.0. The summed E-state index contributed by atoms with van der Waals surface area (Å²) in [4.78, 5) is 9.32. The Balaban J connectivity index is 1.70. The average molecular weight is 395 g/mol. The lowest BCUT2D eigenvalue weighted by Gasteiger charge is -2.25. The molecule has 0 fully saturated rings. The van der Waals surface area contributed by atoms with E-state index in [-0.39, 0.29) is 5.96 Å². The number of nitrogens with two attached hydrogens (primary N) is 1. The van der Waals surface area contributed by atoms with Crippen molar-refractivity contribution >= 4 is 22.9 Å². The van der Waals surface area contributed by atoms with E-state index < -0.39 is 6.17 Å². The molecule has 0 unspecified atom stereocenters. The minimum atomic E-state index is -0.457. The molecule has 0 aliphatic carbocycles. The highest BCUT2D eigenvalue weighted by atomic mass is 16.5. The molecule has 0 saturated heterocycles. The van der Waals surface area contributed by atoms with Crippen LogP contribution in [0.25, 0.3) is 11.0 Å². The fraction of sp³-hybridized carbons (Fsp3) is 0.300. The van der Waals surface area contributed by atoms with Crippen molar-refractivity contribution in [1.82, 2.24) is 9.55 Å². The van der Waals surface area contributed by atoms with Crippen molar-refractivity contribution in [2.24, 2.45) is 10.7 Å². The van der Waals surface area contributed by atoms with E-state index in [4.69, 9.17) is 29.7 Å². The van der Waals surface area contributed by atoms with Crippen molar-refractivity contribution in [1.29, 1.82) is 0 Å². The summed E-state index contributed by atoms with van der Waals surface area (Å²) in [6.45, 7) is 1.23. The molecule has 0 saturated carbocycles. The molecule has 9 heteroatoms. The first-order valence-electron chi connectivity index (χ1n) is 9.31. The highest BCUT2D eigenvalue weighted by molar-refractivity contribution is 5.95. The Labute approximate surface area is 167 Å². The molecule has 2 aliphatic rings. The number of rotatable bonds is 3. The van der Waals surface area contributed by atoms with Gasteiger partial charge in [-0.05, 0) is 12.1 Å². The third kappa shape index (κ3) is 2.86. The van der Waals surface area contributed by atoms with Gasteiger partial charge >= 0.3 is 0 Å². The van der Waals surface area contributed by atoms with E-state index in [0.717, 1.165) is 23.0 Å². The quantitative estimate of drug-likeness (QED) is 0.702. The van der Waals surface area contributed by atoms with Crippen LogP contribution in [0.1, 0.15) is 18.2 Å². The molecule has 5 rings (SSSR count). The van der Waals surface area contributed by atoms with Crippen LogP contribution in [0.15, 0.2) is 35.3 Å². The van der Waals surface area contributed by atoms with Crippen LogP contribution in [0.3, 0.4) is 0 Å². The molecule has 1 aromatic heterocycles. The van der Waals surface area contributed by atoms with Gasteiger partial charge in [0.05, 0.1) is 38.5 Å². The van der Waals surface area contributed by atoms with E-state index in [1.165, 1.54) is 0 Å². The standard InChI is InChI=1S/C20H21N5O4/c1-26-11-4-5-12(15(8-11)27-2)18-23-19(21)24-20-22-13-9-16-17(10-14(13)25(18)20)29-7-3-6-28-16/h4-5,8-10,18H,3,6-7H2,1-2H3,(H3,21,22,23,24)/t18-/m0/s1. The number of guanidine groups is 1. The monoisotopic (exact) mass is 395 g/mol. The first kappa shape index (κ1) is 17.5. The van der Waals surface area contributed by atoms with Gasteiger partial charge in [-0.2, -0.15) is 0 Å². The molecule has 3 heterocycles. The van der Waals surface area contributed by atoms with Crippen molar-refractivity contribution in [3.8, 4) is 23.0 Å². The summed E-state index contributed by atoms with van der Waals surface area (Å²) in [5.41, 5.74) is 8.52. The van der Waals surface area contributed by atoms with Crippen molar-refractivity contribution in [2.75, 3.05) is 32.8 Å². The van der Waals surface area contributed by atoms with Gasteiger partial charge in [0.25, 0.3) is 0 Å². The normalized spacial score (nSPS) is 17.7. The van der Waals surface area contributed by atoms with Gasteiger partial charge in [-0.1, -0.05) is 0 Å². The highest BCUT2D eigenvalue weighted by Crippen LogP contribution is 2.41. The smallest absolute Gasteiger partial charge is 0.212 e. The molecule has 0 bridgehead atoms. The molecule has 0 spiro atoms. The maximum atomic E-state index is 6.06. The number of aliphatic imine (C=N–C) groups is 1. The highest BCUT2D eigenvalue weighted by Gasteiger charge is 2.29. The van der Waals surface area contributed by atoms with E-state index >= 15 is 0 Å². The first-order chi connectivity index (χ1) is 14.2. The predicted molar refractivity (Wildman–Crippen MR) is 108 cm³/mol. The van der Waals surface area contributed by atoms with E-state index in [0.29, 0.717) is 42.2 Å². The molecule has 0 amide bonds. The number of hydrogen-bond acceptors (Lipinski definition) is 8. The van der Waals surface area contributed by atoms with Crippen molar-refractivity contribution < 1.29 is 18.9 Å². The van der Waals surface area contributed by atoms with Crippen LogP contribution < -0.4 is 30.0 Å². The number of nitrogens with zero attached hydrogens (tertiary/aromatic N) is 3. The molecule has 1 atom stereocenters. The Bertz CT molecular complexity index is 1120. The van der Waals surface area contributed by atoms with Crippen LogP contribution in [0.4, 0.5) is 5.95 Å². The second-order valence-corrected chi connectivity index (χ2v) is 6.76. The number of ether oxygens (including phenoxy) is 4. The number of fused-ring (bicyclic) bond motifs is 4. The number of nitrogens with one attached hydrogen (secondary N) is 1. The number of anilines is 1. The molecule has 9 nitrogen and oxygen atoms in total. The molecular weight excluding hydrogens is 374 g/mol. The third-order valence-electron chi connectivity index (χ3n) is 5.02. The van der Waals surface area contributed by atoms with Crippen molar-refractivity contribution in [3.05, 3.63) is 35.9 Å². The van der Waals surface area contributed by atoms with Crippen LogP contribution in [-0.4, -0.2) is 42.9 Å². The Morgan fingerprint density at radius 2 is 1.90 bits per heavy atom. The summed E-state index contributed by atoms with van der Waals surface area (Å²) in [6, 6.07) is 9.44. The Hall–Kier alpha value is -3.62. The van der Waals surface area contributed by atoms with Crippen LogP contribution in [0, 0.1) is 0 Å². The van der Waals surface area contributed by atoms with Gasteiger partial charge in [0.1, 0.15) is 11.5 Å². The summed E-state index contributed by atoms with van der Waals surface area (Å²) < 4.78 is 24.6. The minimum Gasteiger partial charge on any atom is -0.497 e. The number of hydrogen-bond donors (Lipinski definition) is 2. The van der Waals surface area contributed by atoms with Crippen LogP contribution in [0.5, 0.6) is 23.0 Å². The SMILES string of the molecule is COc1ccc([C@H]2N=C(N)Nc3nc4cc5c(cc4n32)OCCCO5)c(OC)c1. The number of benzene rings is 2. The molecule has 3 N–H and O–H groups in total. The van der Waals surface area contributed by atoms with Gasteiger partial charge in [0, 0.05) is 30.2 Å². The fourth-order valence-corrected chi connectivity index (χ4v) is 3.66. The lowest BCUT2D eigenvalue weighted by atomic mass is 10.1. The lowest BCUT2D eigenvalue weighted by Crippen LogP contribution is -2.31. The molecule has 29 heavy (non-hydrogen) atoms. The predicted octanol–water partition coefficient (Wildman–Crippen LogP) is 2.50. The second kappa shape index (κ2) is 6.77. The molecule has 0 radical (unpaired) electrons. The summed E-state index contributed by atoms with van der Waals surface area (Å²) in [6.07, 6.45) is 0.382. The van der Waals surface area contributed by atoms with Gasteiger partial charge in [-0.3, -0.25) is 9.88 Å². The largest absolute Gasteiger partial charge is 0.497 e. The van der Waals surface area contributed by atoms with Gasteiger partial charge in [-0.25, -0.2) is 9.98 Å². The Morgan fingerprint density at radius 3 is 2.66 bits per heavy atom. The third-order valence-corrected chi connectivity index (χ3v) is 5.02. The van der Waals surface area contributed by atoms with Gasteiger partial charge in [0.2, 0.25) is 5.95 Å². The van der Waals surface area contributed by atoms with Crippen LogP contribution >= 0.6 is 0 Å². The van der Waals surface area contributed by atoms with Gasteiger partial charge < -0.3 is 24.7 Å².